The van der Waals surface area contributed by atoms with Crippen LogP contribution in [-0.2, 0) is 4.79 Å². The van der Waals surface area contributed by atoms with Crippen molar-refractivity contribution in [2.24, 2.45) is 4.99 Å². The van der Waals surface area contributed by atoms with Gasteiger partial charge in [-0.25, -0.2) is 4.99 Å². The standard InChI is InChI=1S/C25H28ClN3OS/c1-6-29-21-11-10-17(12-18(21)15(2)14-25(29,4)5)13-22-23(30)28-24(31-22)27-20-9-7-8-19(26)16(20)3/h7-13,15H,6,14H2,1-5H3,(H,27,28,30)/b22-13+. The fourth-order valence-electron chi connectivity index (χ4n) is 4.66. The predicted octanol–water partition coefficient (Wildman–Crippen LogP) is 6.65. The molecular formula is C25H28ClN3OS. The van der Waals surface area contributed by atoms with Gasteiger partial charge in [0.2, 0.25) is 0 Å². The van der Waals surface area contributed by atoms with Crippen LogP contribution in [0.5, 0.6) is 0 Å². The summed E-state index contributed by atoms with van der Waals surface area (Å²) in [5, 5.41) is 4.11. The highest BCUT2D eigenvalue weighted by atomic mass is 35.5. The van der Waals surface area contributed by atoms with Crippen LogP contribution >= 0.6 is 23.4 Å². The summed E-state index contributed by atoms with van der Waals surface area (Å²) in [6.07, 6.45) is 3.06. The van der Waals surface area contributed by atoms with E-state index in [-0.39, 0.29) is 11.4 Å². The SMILES string of the molecule is CCN1c2ccc(/C=C3/SC(=Nc4cccc(Cl)c4C)NC3=O)cc2C(C)CC1(C)C. The molecular weight excluding hydrogens is 426 g/mol. The Morgan fingerprint density at radius 2 is 2.10 bits per heavy atom. The number of anilines is 1. The highest BCUT2D eigenvalue weighted by Gasteiger charge is 2.35. The minimum atomic E-state index is -0.120. The normalized spacial score (nSPS) is 22.7. The van der Waals surface area contributed by atoms with Gasteiger partial charge in [-0.05, 0) is 98.8 Å². The van der Waals surface area contributed by atoms with Gasteiger partial charge in [0.05, 0.1) is 10.6 Å². The van der Waals surface area contributed by atoms with Gasteiger partial charge in [0, 0.05) is 22.8 Å². The number of fused-ring (bicyclic) bond motifs is 1. The Hall–Kier alpha value is -2.24. The summed E-state index contributed by atoms with van der Waals surface area (Å²) in [5.41, 5.74) is 5.50. The number of hydrogen-bond acceptors (Lipinski definition) is 4. The second-order valence-electron chi connectivity index (χ2n) is 8.85. The third-order valence-electron chi connectivity index (χ3n) is 6.14. The van der Waals surface area contributed by atoms with E-state index in [1.165, 1.54) is 23.0 Å². The van der Waals surface area contributed by atoms with Gasteiger partial charge in [-0.3, -0.25) is 4.79 Å². The van der Waals surface area contributed by atoms with Crippen LogP contribution in [0.15, 0.2) is 46.3 Å². The van der Waals surface area contributed by atoms with Crippen LogP contribution in [0, 0.1) is 6.92 Å². The Bertz CT molecular complexity index is 1110. The van der Waals surface area contributed by atoms with E-state index in [2.05, 4.69) is 61.1 Å². The first kappa shape index (κ1) is 22.0. The molecule has 0 aliphatic carbocycles. The third-order valence-corrected chi connectivity index (χ3v) is 7.46. The van der Waals surface area contributed by atoms with E-state index in [1.54, 1.807) is 0 Å². The summed E-state index contributed by atoms with van der Waals surface area (Å²) in [6.45, 7) is 12.0. The number of hydrogen-bond donors (Lipinski definition) is 1. The molecule has 2 aromatic rings. The zero-order valence-corrected chi connectivity index (χ0v) is 20.2. The summed E-state index contributed by atoms with van der Waals surface area (Å²) in [5.74, 6) is 0.352. The molecule has 2 heterocycles. The van der Waals surface area contributed by atoms with Gasteiger partial charge in [-0.2, -0.15) is 0 Å². The number of amidine groups is 1. The van der Waals surface area contributed by atoms with E-state index in [0.717, 1.165) is 29.8 Å². The number of rotatable bonds is 3. The number of benzene rings is 2. The van der Waals surface area contributed by atoms with Crippen LogP contribution in [0.25, 0.3) is 6.08 Å². The average molecular weight is 454 g/mol. The lowest BCUT2D eigenvalue weighted by Crippen LogP contribution is -2.48. The number of aliphatic imine (C=N–C) groups is 1. The number of amides is 1. The van der Waals surface area contributed by atoms with Gasteiger partial charge in [-0.1, -0.05) is 30.7 Å². The van der Waals surface area contributed by atoms with Gasteiger partial charge in [0.25, 0.3) is 5.91 Å². The molecule has 1 saturated heterocycles. The Labute approximate surface area is 193 Å². The second kappa shape index (κ2) is 8.36. The van der Waals surface area contributed by atoms with Crippen molar-refractivity contribution >= 4 is 51.9 Å². The van der Waals surface area contributed by atoms with E-state index in [4.69, 9.17) is 11.6 Å². The molecule has 1 N–H and O–H groups in total. The average Bonchev–Trinajstić information content (AvgIpc) is 3.04. The van der Waals surface area contributed by atoms with Gasteiger partial charge in [0.15, 0.2) is 5.17 Å². The smallest absolute Gasteiger partial charge is 0.264 e. The molecule has 0 bridgehead atoms. The Balaban J connectivity index is 1.62. The molecule has 0 spiro atoms. The van der Waals surface area contributed by atoms with Crippen molar-refractivity contribution in [1.29, 1.82) is 0 Å². The lowest BCUT2D eigenvalue weighted by Gasteiger charge is -2.47. The lowest BCUT2D eigenvalue weighted by molar-refractivity contribution is -0.115. The van der Waals surface area contributed by atoms with Crippen LogP contribution in [0.3, 0.4) is 0 Å². The number of halogens is 1. The first-order chi connectivity index (χ1) is 14.7. The molecule has 6 heteroatoms. The zero-order valence-electron chi connectivity index (χ0n) is 18.6. The predicted molar refractivity (Wildman–Crippen MR) is 134 cm³/mol. The van der Waals surface area contributed by atoms with E-state index in [9.17, 15) is 4.79 Å². The Kier molecular flexibility index (Phi) is 5.93. The summed E-state index contributed by atoms with van der Waals surface area (Å²) < 4.78 is 0. The van der Waals surface area contributed by atoms with E-state index >= 15 is 0 Å². The molecule has 1 unspecified atom stereocenters. The molecule has 2 aliphatic rings. The monoisotopic (exact) mass is 453 g/mol. The molecule has 4 nitrogen and oxygen atoms in total. The van der Waals surface area contributed by atoms with Crippen molar-refractivity contribution in [2.75, 3.05) is 11.4 Å². The van der Waals surface area contributed by atoms with Crippen molar-refractivity contribution in [3.8, 4) is 0 Å². The van der Waals surface area contributed by atoms with Gasteiger partial charge in [-0.15, -0.1) is 0 Å². The number of nitrogens with one attached hydrogen (secondary N) is 1. The Morgan fingerprint density at radius 1 is 1.32 bits per heavy atom. The topological polar surface area (TPSA) is 44.7 Å². The fraction of sp³-hybridized carbons (Fsp3) is 0.360. The Morgan fingerprint density at radius 3 is 2.84 bits per heavy atom. The summed E-state index contributed by atoms with van der Waals surface area (Å²) in [6, 6.07) is 12.1. The van der Waals surface area contributed by atoms with Crippen LogP contribution in [0.2, 0.25) is 5.02 Å². The molecule has 4 rings (SSSR count). The van der Waals surface area contributed by atoms with Crippen LogP contribution in [0.4, 0.5) is 11.4 Å². The van der Waals surface area contributed by atoms with Crippen molar-refractivity contribution < 1.29 is 4.79 Å². The van der Waals surface area contributed by atoms with E-state index < -0.39 is 0 Å². The van der Waals surface area contributed by atoms with Crippen molar-refractivity contribution in [2.45, 2.75) is 52.5 Å². The zero-order chi connectivity index (χ0) is 22.3. The van der Waals surface area contributed by atoms with Gasteiger partial charge >= 0.3 is 0 Å². The molecule has 0 radical (unpaired) electrons. The quantitative estimate of drug-likeness (QED) is 0.529. The maximum atomic E-state index is 12.6. The van der Waals surface area contributed by atoms with E-state index in [1.807, 2.05) is 31.2 Å². The first-order valence-electron chi connectivity index (χ1n) is 10.7. The van der Waals surface area contributed by atoms with Crippen molar-refractivity contribution in [3.63, 3.8) is 0 Å². The third kappa shape index (κ3) is 4.26. The largest absolute Gasteiger partial charge is 0.366 e. The van der Waals surface area contributed by atoms with Gasteiger partial charge in [0.1, 0.15) is 0 Å². The summed E-state index contributed by atoms with van der Waals surface area (Å²) in [4.78, 5) is 20.3. The summed E-state index contributed by atoms with van der Waals surface area (Å²) >= 11 is 7.56. The summed E-state index contributed by atoms with van der Waals surface area (Å²) in [7, 11) is 0. The number of nitrogens with zero attached hydrogens (tertiary/aromatic N) is 2. The molecule has 162 valence electrons. The second-order valence-corrected chi connectivity index (χ2v) is 10.3. The molecule has 0 saturated carbocycles. The molecule has 1 fully saturated rings. The number of carbonyl (C=O) groups is 1. The maximum absolute atomic E-state index is 12.6. The van der Waals surface area contributed by atoms with E-state index in [0.29, 0.717) is 21.0 Å². The minimum absolute atomic E-state index is 0.120. The van der Waals surface area contributed by atoms with Crippen molar-refractivity contribution in [1.82, 2.24) is 5.32 Å². The highest BCUT2D eigenvalue weighted by Crippen LogP contribution is 2.43. The molecule has 2 aromatic carbocycles. The first-order valence-corrected chi connectivity index (χ1v) is 11.9. The molecule has 1 atom stereocenters. The minimum Gasteiger partial charge on any atom is -0.366 e. The number of thioether (sulfide) groups is 1. The van der Waals surface area contributed by atoms with Crippen LogP contribution in [0.1, 0.15) is 56.7 Å². The maximum Gasteiger partial charge on any atom is 0.264 e. The molecule has 1 amide bonds. The fourth-order valence-corrected chi connectivity index (χ4v) is 5.66. The van der Waals surface area contributed by atoms with Crippen LogP contribution < -0.4 is 10.2 Å². The van der Waals surface area contributed by atoms with Crippen molar-refractivity contribution in [3.05, 3.63) is 63.0 Å². The lowest BCUT2D eigenvalue weighted by atomic mass is 9.79. The molecule has 0 aromatic heterocycles. The highest BCUT2D eigenvalue weighted by molar-refractivity contribution is 8.18. The number of carbonyl (C=O) groups excluding carboxylic acids is 1. The van der Waals surface area contributed by atoms with Gasteiger partial charge < -0.3 is 10.2 Å². The molecule has 2 aliphatic heterocycles. The molecule has 31 heavy (non-hydrogen) atoms. The van der Waals surface area contributed by atoms with Crippen LogP contribution in [-0.4, -0.2) is 23.2 Å².